The minimum Gasteiger partial charge on any atom is -0.396 e. The van der Waals surface area contributed by atoms with Gasteiger partial charge in [0, 0.05) is 31.1 Å². The van der Waals surface area contributed by atoms with Crippen LogP contribution in [-0.2, 0) is 14.4 Å². The van der Waals surface area contributed by atoms with Gasteiger partial charge >= 0.3 is 0 Å². The molecule has 3 saturated heterocycles. The number of nitrogens with one attached hydrogen (secondary N) is 2. The van der Waals surface area contributed by atoms with Crippen molar-refractivity contribution in [3.05, 3.63) is 29.3 Å². The van der Waals surface area contributed by atoms with Crippen LogP contribution in [0.2, 0.25) is 0 Å². The Balaban J connectivity index is 1.75. The van der Waals surface area contributed by atoms with Gasteiger partial charge in [0.1, 0.15) is 6.04 Å². The van der Waals surface area contributed by atoms with Gasteiger partial charge in [-0.2, -0.15) is 0 Å². The van der Waals surface area contributed by atoms with Gasteiger partial charge in [-0.05, 0) is 49.8 Å². The highest BCUT2D eigenvalue weighted by atomic mass is 32.2. The van der Waals surface area contributed by atoms with Gasteiger partial charge in [0.2, 0.25) is 17.7 Å². The summed E-state index contributed by atoms with van der Waals surface area (Å²) in [5, 5.41) is 15.2. The summed E-state index contributed by atoms with van der Waals surface area (Å²) in [6.45, 7) is 6.26. The van der Waals surface area contributed by atoms with E-state index in [1.807, 2.05) is 32.0 Å². The van der Waals surface area contributed by atoms with Crippen LogP contribution in [0.3, 0.4) is 0 Å². The minimum atomic E-state index is -0.670. The van der Waals surface area contributed by atoms with Crippen molar-refractivity contribution in [3.63, 3.8) is 0 Å². The molecule has 168 valence electrons. The number of anilines is 1. The Bertz CT molecular complexity index is 922. The Hall–Kier alpha value is -2.06. The maximum Gasteiger partial charge on any atom is 0.248 e. The second-order valence-electron chi connectivity index (χ2n) is 9.08. The smallest absolute Gasteiger partial charge is 0.248 e. The molecule has 7 nitrogen and oxygen atoms in total. The molecule has 0 aliphatic carbocycles. The van der Waals surface area contributed by atoms with Crippen molar-refractivity contribution in [2.75, 3.05) is 25.5 Å². The maximum atomic E-state index is 13.7. The second-order valence-corrected chi connectivity index (χ2v) is 10.6. The van der Waals surface area contributed by atoms with E-state index in [0.717, 1.165) is 23.2 Å². The van der Waals surface area contributed by atoms with Gasteiger partial charge in [-0.25, -0.2) is 0 Å². The fourth-order valence-electron chi connectivity index (χ4n) is 5.84. The first kappa shape index (κ1) is 22.1. The molecule has 3 amide bonds. The molecular weight excluding hydrogens is 414 g/mol. The molecule has 3 aliphatic heterocycles. The molecule has 3 aliphatic rings. The summed E-state index contributed by atoms with van der Waals surface area (Å²) in [6.07, 6.45) is 1.21. The molecule has 0 aromatic heterocycles. The van der Waals surface area contributed by atoms with Crippen LogP contribution >= 0.6 is 11.8 Å². The average Bonchev–Trinajstić information content (AvgIpc) is 3.32. The number of hydrogen-bond acceptors (Lipinski definition) is 5. The zero-order valence-electron chi connectivity index (χ0n) is 18.5. The Morgan fingerprint density at radius 1 is 1.29 bits per heavy atom. The number of amides is 3. The van der Waals surface area contributed by atoms with Crippen molar-refractivity contribution in [2.24, 2.45) is 17.8 Å². The van der Waals surface area contributed by atoms with Gasteiger partial charge < -0.3 is 20.6 Å². The third kappa shape index (κ3) is 3.26. The van der Waals surface area contributed by atoms with Gasteiger partial charge in [-0.15, -0.1) is 11.8 Å². The Morgan fingerprint density at radius 2 is 2.03 bits per heavy atom. The fourth-order valence-corrected chi connectivity index (χ4v) is 8.26. The van der Waals surface area contributed by atoms with Gasteiger partial charge in [0.05, 0.1) is 16.6 Å². The highest BCUT2D eigenvalue weighted by molar-refractivity contribution is 8.02. The lowest BCUT2D eigenvalue weighted by molar-refractivity contribution is -0.139. The van der Waals surface area contributed by atoms with Crippen LogP contribution in [-0.4, -0.2) is 64.0 Å². The summed E-state index contributed by atoms with van der Waals surface area (Å²) >= 11 is 1.66. The molecule has 31 heavy (non-hydrogen) atoms. The fraction of sp³-hybridized carbons (Fsp3) is 0.609. The van der Waals surface area contributed by atoms with Crippen LogP contribution in [0.15, 0.2) is 18.2 Å². The van der Waals surface area contributed by atoms with Crippen molar-refractivity contribution in [1.82, 2.24) is 10.2 Å². The number of nitrogens with zero attached hydrogens (tertiary/aromatic N) is 1. The van der Waals surface area contributed by atoms with E-state index in [9.17, 15) is 19.5 Å². The Morgan fingerprint density at radius 3 is 2.71 bits per heavy atom. The number of likely N-dealkylation sites (tertiary alicyclic amines) is 1. The van der Waals surface area contributed by atoms with Crippen LogP contribution in [0, 0.1) is 31.6 Å². The standard InChI is InChI=1S/C23H31N3O4S/c1-12-6-7-13(2)15(10-12)25-21(29)19-23-14(3)11-16(31-23)17(20(28)24-4)18(23)22(30)26(19)8-5-9-27/h6-7,10,14,16-19,27H,5,8-9,11H2,1-4H3,(H,24,28)(H,25,29)/t14?,16-,17+,18-,19?,23?/m0/s1. The first-order chi connectivity index (χ1) is 14.8. The molecule has 0 radical (unpaired) electrons. The normalized spacial score (nSPS) is 33.5. The molecule has 3 N–H and O–H groups in total. The van der Waals surface area contributed by atoms with E-state index in [1.54, 1.807) is 23.7 Å². The summed E-state index contributed by atoms with van der Waals surface area (Å²) in [4.78, 5) is 41.7. The van der Waals surface area contributed by atoms with E-state index in [2.05, 4.69) is 17.6 Å². The van der Waals surface area contributed by atoms with E-state index in [-0.39, 0.29) is 35.5 Å². The molecule has 2 bridgehead atoms. The molecular formula is C23H31N3O4S. The molecule has 1 aromatic carbocycles. The van der Waals surface area contributed by atoms with Crippen LogP contribution < -0.4 is 10.6 Å². The number of fused-ring (bicyclic) bond motifs is 1. The van der Waals surface area contributed by atoms with Crippen LogP contribution in [0.4, 0.5) is 5.69 Å². The SMILES string of the molecule is CNC(=O)[C@@H]1[C@@H]2CC(C)C3(S2)C(C(=O)Nc2cc(C)ccc2C)N(CCCO)C(=O)[C@H]13. The Kier molecular flexibility index (Phi) is 5.81. The van der Waals surface area contributed by atoms with Crippen molar-refractivity contribution in [2.45, 2.75) is 49.7 Å². The highest BCUT2D eigenvalue weighted by Gasteiger charge is 2.75. The number of thioether (sulfide) groups is 1. The molecule has 1 aromatic rings. The van der Waals surface area contributed by atoms with E-state index in [1.165, 1.54) is 0 Å². The third-order valence-corrected chi connectivity index (χ3v) is 9.33. The predicted molar refractivity (Wildman–Crippen MR) is 121 cm³/mol. The number of carbonyl (C=O) groups excluding carboxylic acids is 3. The van der Waals surface area contributed by atoms with E-state index < -0.39 is 22.6 Å². The first-order valence-corrected chi connectivity index (χ1v) is 11.8. The minimum absolute atomic E-state index is 0.0416. The third-order valence-electron chi connectivity index (χ3n) is 7.25. The maximum absolute atomic E-state index is 13.7. The molecule has 3 fully saturated rings. The summed E-state index contributed by atoms with van der Waals surface area (Å²) in [5.74, 6) is -1.27. The van der Waals surface area contributed by atoms with E-state index in [4.69, 9.17) is 0 Å². The largest absolute Gasteiger partial charge is 0.396 e. The average molecular weight is 446 g/mol. The second kappa shape index (κ2) is 8.13. The monoisotopic (exact) mass is 445 g/mol. The van der Waals surface area contributed by atoms with Crippen molar-refractivity contribution < 1.29 is 19.5 Å². The summed E-state index contributed by atoms with van der Waals surface area (Å²) in [5.41, 5.74) is 2.74. The van der Waals surface area contributed by atoms with Crippen molar-refractivity contribution >= 4 is 35.2 Å². The zero-order valence-corrected chi connectivity index (χ0v) is 19.3. The molecule has 6 atom stereocenters. The van der Waals surface area contributed by atoms with Crippen LogP contribution in [0.25, 0.3) is 0 Å². The van der Waals surface area contributed by atoms with Gasteiger partial charge in [0.15, 0.2) is 0 Å². The summed E-state index contributed by atoms with van der Waals surface area (Å²) < 4.78 is -0.629. The molecule has 8 heteroatoms. The van der Waals surface area contributed by atoms with Crippen molar-refractivity contribution in [3.8, 4) is 0 Å². The van der Waals surface area contributed by atoms with Crippen molar-refractivity contribution in [1.29, 1.82) is 0 Å². The number of aliphatic hydroxyl groups is 1. The number of aliphatic hydroxyl groups excluding tert-OH is 1. The van der Waals surface area contributed by atoms with E-state index in [0.29, 0.717) is 13.0 Å². The molecule has 3 heterocycles. The number of carbonyl (C=O) groups is 3. The quantitative estimate of drug-likeness (QED) is 0.619. The topological polar surface area (TPSA) is 98.7 Å². The zero-order chi connectivity index (χ0) is 22.5. The summed E-state index contributed by atoms with van der Waals surface area (Å²) in [7, 11) is 1.60. The lowest BCUT2D eigenvalue weighted by atomic mass is 9.66. The van der Waals surface area contributed by atoms with Crippen LogP contribution in [0.1, 0.15) is 30.9 Å². The molecule has 1 spiro atoms. The van der Waals surface area contributed by atoms with Crippen LogP contribution in [0.5, 0.6) is 0 Å². The lowest BCUT2D eigenvalue weighted by Crippen LogP contribution is -2.55. The lowest BCUT2D eigenvalue weighted by Gasteiger charge is -2.38. The van der Waals surface area contributed by atoms with Gasteiger partial charge in [0.25, 0.3) is 0 Å². The predicted octanol–water partition coefficient (Wildman–Crippen LogP) is 1.71. The Labute approximate surface area is 187 Å². The first-order valence-electron chi connectivity index (χ1n) is 10.9. The van der Waals surface area contributed by atoms with Gasteiger partial charge in [-0.3, -0.25) is 14.4 Å². The highest BCUT2D eigenvalue weighted by Crippen LogP contribution is 2.68. The number of benzene rings is 1. The van der Waals surface area contributed by atoms with E-state index >= 15 is 0 Å². The molecule has 3 unspecified atom stereocenters. The number of aryl methyl sites for hydroxylation is 2. The molecule has 4 rings (SSSR count). The number of hydrogen-bond donors (Lipinski definition) is 3. The molecule has 0 saturated carbocycles. The summed E-state index contributed by atoms with van der Waals surface area (Å²) in [6, 6.07) is 5.23. The van der Waals surface area contributed by atoms with Gasteiger partial charge in [-0.1, -0.05) is 19.1 Å². The number of rotatable bonds is 6.